The topological polar surface area (TPSA) is 108 Å². The Labute approximate surface area is 92.4 Å². The first-order chi connectivity index (χ1) is 7.56. The minimum atomic E-state index is -1.42. The molecule has 1 rings (SSSR count). The molecule has 0 radical (unpaired) electrons. The van der Waals surface area contributed by atoms with Crippen molar-refractivity contribution in [3.8, 4) is 0 Å². The Morgan fingerprint density at radius 1 is 1.44 bits per heavy atom. The van der Waals surface area contributed by atoms with E-state index in [1.54, 1.807) is 11.6 Å². The predicted octanol–water partition coefficient (Wildman–Crippen LogP) is -2.13. The highest BCUT2D eigenvalue weighted by atomic mass is 16.3. The van der Waals surface area contributed by atoms with E-state index in [-0.39, 0.29) is 5.69 Å². The SMILES string of the molecule is Cn1cnc(C(=O)NC(CO)(CO)CO)c1. The van der Waals surface area contributed by atoms with Crippen molar-refractivity contribution in [2.75, 3.05) is 19.8 Å². The maximum absolute atomic E-state index is 11.6. The minimum Gasteiger partial charge on any atom is -0.394 e. The highest BCUT2D eigenvalue weighted by Crippen LogP contribution is 2.04. The molecule has 90 valence electrons. The number of aryl methyl sites for hydroxylation is 1. The lowest BCUT2D eigenvalue weighted by atomic mass is 10.0. The second-order valence-corrected chi connectivity index (χ2v) is 3.63. The van der Waals surface area contributed by atoms with Gasteiger partial charge in [-0.15, -0.1) is 0 Å². The van der Waals surface area contributed by atoms with Gasteiger partial charge in [-0.2, -0.15) is 0 Å². The van der Waals surface area contributed by atoms with Crippen LogP contribution in [0.4, 0.5) is 0 Å². The van der Waals surface area contributed by atoms with Crippen LogP contribution in [-0.2, 0) is 7.05 Å². The fraction of sp³-hybridized carbons (Fsp3) is 0.556. The molecule has 0 aliphatic carbocycles. The Morgan fingerprint density at radius 2 is 2.00 bits per heavy atom. The van der Waals surface area contributed by atoms with Gasteiger partial charge in [0.1, 0.15) is 11.2 Å². The summed E-state index contributed by atoms with van der Waals surface area (Å²) in [4.78, 5) is 15.4. The molecule has 0 fully saturated rings. The van der Waals surface area contributed by atoms with E-state index in [1.807, 2.05) is 0 Å². The predicted molar refractivity (Wildman–Crippen MR) is 54.7 cm³/mol. The molecule has 1 amide bonds. The first-order valence-corrected chi connectivity index (χ1v) is 4.70. The summed E-state index contributed by atoms with van der Waals surface area (Å²) in [6, 6.07) is 0. The average Bonchev–Trinajstić information content (AvgIpc) is 2.73. The highest BCUT2D eigenvalue weighted by Gasteiger charge is 2.30. The van der Waals surface area contributed by atoms with Crippen LogP contribution < -0.4 is 5.32 Å². The molecule has 16 heavy (non-hydrogen) atoms. The van der Waals surface area contributed by atoms with Crippen LogP contribution in [0.2, 0.25) is 0 Å². The summed E-state index contributed by atoms with van der Waals surface area (Å²) in [5, 5.41) is 29.4. The maximum atomic E-state index is 11.6. The molecule has 0 aliphatic rings. The van der Waals surface area contributed by atoms with Crippen molar-refractivity contribution in [3.05, 3.63) is 18.2 Å². The fourth-order valence-corrected chi connectivity index (χ4v) is 1.10. The molecule has 1 heterocycles. The molecule has 1 aromatic rings. The van der Waals surface area contributed by atoms with Crippen molar-refractivity contribution in [1.82, 2.24) is 14.9 Å². The van der Waals surface area contributed by atoms with Crippen LogP contribution in [0.3, 0.4) is 0 Å². The number of carbonyl (C=O) groups is 1. The van der Waals surface area contributed by atoms with E-state index in [1.165, 1.54) is 12.5 Å². The Hall–Kier alpha value is -1.44. The van der Waals surface area contributed by atoms with E-state index in [4.69, 9.17) is 15.3 Å². The molecule has 0 saturated carbocycles. The van der Waals surface area contributed by atoms with Gasteiger partial charge in [0.25, 0.3) is 5.91 Å². The maximum Gasteiger partial charge on any atom is 0.272 e. The first kappa shape index (κ1) is 12.6. The zero-order valence-electron chi connectivity index (χ0n) is 8.92. The molecule has 0 aliphatic heterocycles. The lowest BCUT2D eigenvalue weighted by Gasteiger charge is -2.28. The Kier molecular flexibility index (Phi) is 3.99. The third-order valence-corrected chi connectivity index (χ3v) is 2.22. The largest absolute Gasteiger partial charge is 0.394 e. The number of rotatable bonds is 5. The normalized spacial score (nSPS) is 11.5. The molecule has 0 spiro atoms. The van der Waals surface area contributed by atoms with Gasteiger partial charge in [-0.05, 0) is 0 Å². The van der Waals surface area contributed by atoms with Crippen molar-refractivity contribution in [3.63, 3.8) is 0 Å². The first-order valence-electron chi connectivity index (χ1n) is 4.70. The number of aliphatic hydroxyl groups is 3. The number of nitrogens with zero attached hydrogens (tertiary/aromatic N) is 2. The summed E-state index contributed by atoms with van der Waals surface area (Å²) in [6.45, 7) is -1.67. The summed E-state index contributed by atoms with van der Waals surface area (Å²) in [5.74, 6) is -0.558. The van der Waals surface area contributed by atoms with E-state index in [9.17, 15) is 4.79 Å². The number of hydrogen-bond donors (Lipinski definition) is 4. The quantitative estimate of drug-likeness (QED) is 0.461. The number of aliphatic hydroxyl groups excluding tert-OH is 3. The van der Waals surface area contributed by atoms with E-state index in [0.717, 1.165) is 0 Å². The summed E-state index contributed by atoms with van der Waals surface area (Å²) in [7, 11) is 1.71. The van der Waals surface area contributed by atoms with Crippen LogP contribution in [0.1, 0.15) is 10.5 Å². The molecule has 4 N–H and O–H groups in total. The number of imidazole rings is 1. The summed E-state index contributed by atoms with van der Waals surface area (Å²) >= 11 is 0. The minimum absolute atomic E-state index is 0.155. The summed E-state index contributed by atoms with van der Waals surface area (Å²) in [6.07, 6.45) is 2.94. The number of carbonyl (C=O) groups excluding carboxylic acids is 1. The smallest absolute Gasteiger partial charge is 0.272 e. The van der Waals surface area contributed by atoms with Gasteiger partial charge in [0, 0.05) is 13.2 Å². The molecule has 0 atom stereocenters. The lowest BCUT2D eigenvalue weighted by molar-refractivity contribution is 0.0373. The van der Waals surface area contributed by atoms with Gasteiger partial charge in [-0.25, -0.2) is 4.98 Å². The van der Waals surface area contributed by atoms with Crippen LogP contribution in [0.25, 0.3) is 0 Å². The van der Waals surface area contributed by atoms with Gasteiger partial charge in [0.15, 0.2) is 0 Å². The second kappa shape index (κ2) is 5.06. The van der Waals surface area contributed by atoms with Gasteiger partial charge in [-0.3, -0.25) is 4.79 Å². The van der Waals surface area contributed by atoms with E-state index >= 15 is 0 Å². The van der Waals surface area contributed by atoms with Crippen LogP contribution in [-0.4, -0.2) is 56.1 Å². The molecule has 0 aromatic carbocycles. The van der Waals surface area contributed by atoms with Gasteiger partial charge < -0.3 is 25.2 Å². The average molecular weight is 229 g/mol. The zero-order chi connectivity index (χ0) is 12.2. The van der Waals surface area contributed by atoms with Gasteiger partial charge in [0.05, 0.1) is 26.1 Å². The lowest BCUT2D eigenvalue weighted by Crippen LogP contribution is -2.57. The standard InChI is InChI=1S/C9H15N3O4/c1-12-2-7(10-6-12)8(16)11-9(3-13,4-14)5-15/h2,6,13-15H,3-5H2,1H3,(H,11,16). The Bertz CT molecular complexity index is 351. The summed E-state index contributed by atoms with van der Waals surface area (Å²) < 4.78 is 1.59. The molecule has 0 bridgehead atoms. The van der Waals surface area contributed by atoms with Gasteiger partial charge in [-0.1, -0.05) is 0 Å². The number of nitrogens with one attached hydrogen (secondary N) is 1. The Balaban J connectivity index is 2.76. The molecule has 0 unspecified atom stereocenters. The van der Waals surface area contributed by atoms with Crippen molar-refractivity contribution >= 4 is 5.91 Å². The van der Waals surface area contributed by atoms with Crippen LogP contribution >= 0.6 is 0 Å². The molecular weight excluding hydrogens is 214 g/mol. The molecule has 1 aromatic heterocycles. The van der Waals surface area contributed by atoms with Crippen molar-refractivity contribution in [2.45, 2.75) is 5.54 Å². The molecule has 7 nitrogen and oxygen atoms in total. The fourth-order valence-electron chi connectivity index (χ4n) is 1.10. The Morgan fingerprint density at radius 3 is 2.38 bits per heavy atom. The second-order valence-electron chi connectivity index (χ2n) is 3.63. The number of amides is 1. The van der Waals surface area contributed by atoms with E-state index in [0.29, 0.717) is 0 Å². The van der Waals surface area contributed by atoms with E-state index < -0.39 is 31.3 Å². The van der Waals surface area contributed by atoms with Crippen LogP contribution in [0.5, 0.6) is 0 Å². The third kappa shape index (κ3) is 2.57. The van der Waals surface area contributed by atoms with Crippen molar-refractivity contribution in [2.24, 2.45) is 7.05 Å². The zero-order valence-corrected chi connectivity index (χ0v) is 8.92. The van der Waals surface area contributed by atoms with Gasteiger partial charge >= 0.3 is 0 Å². The van der Waals surface area contributed by atoms with Crippen LogP contribution in [0, 0.1) is 0 Å². The molecule has 7 heteroatoms. The van der Waals surface area contributed by atoms with Crippen molar-refractivity contribution < 1.29 is 20.1 Å². The van der Waals surface area contributed by atoms with Crippen molar-refractivity contribution in [1.29, 1.82) is 0 Å². The molecular formula is C9H15N3O4. The van der Waals surface area contributed by atoms with Crippen LogP contribution in [0.15, 0.2) is 12.5 Å². The third-order valence-electron chi connectivity index (χ3n) is 2.22. The number of aromatic nitrogens is 2. The molecule has 0 saturated heterocycles. The number of hydrogen-bond acceptors (Lipinski definition) is 5. The monoisotopic (exact) mass is 229 g/mol. The van der Waals surface area contributed by atoms with E-state index in [2.05, 4.69) is 10.3 Å². The summed E-state index contributed by atoms with van der Waals surface area (Å²) in [5.41, 5.74) is -1.27. The highest BCUT2D eigenvalue weighted by molar-refractivity contribution is 5.92. The van der Waals surface area contributed by atoms with Gasteiger partial charge in [0.2, 0.25) is 0 Å².